The van der Waals surface area contributed by atoms with Gasteiger partial charge in [0, 0.05) is 15.1 Å². The Morgan fingerprint density at radius 3 is 2.73 bits per heavy atom. The van der Waals surface area contributed by atoms with E-state index in [1.807, 2.05) is 0 Å². The number of amides is 1. The molecule has 0 aliphatic carbocycles. The van der Waals surface area contributed by atoms with E-state index in [1.54, 1.807) is 60.7 Å². The molecule has 1 heterocycles. The molecule has 33 heavy (non-hydrogen) atoms. The Kier molecular flexibility index (Phi) is 7.12. The summed E-state index contributed by atoms with van der Waals surface area (Å²) in [5.41, 5.74) is 3.76. The predicted molar refractivity (Wildman–Crippen MR) is 135 cm³/mol. The summed E-state index contributed by atoms with van der Waals surface area (Å²) in [5.74, 6) is -0.381. The fourth-order valence-electron chi connectivity index (χ4n) is 2.99. The van der Waals surface area contributed by atoms with E-state index in [2.05, 4.69) is 31.4 Å². The second-order valence-corrected chi connectivity index (χ2v) is 9.11. The van der Waals surface area contributed by atoms with E-state index < -0.39 is 5.91 Å². The van der Waals surface area contributed by atoms with E-state index in [9.17, 15) is 14.7 Å². The van der Waals surface area contributed by atoms with Gasteiger partial charge in [0.1, 0.15) is 5.75 Å². The van der Waals surface area contributed by atoms with Crippen LogP contribution in [0.1, 0.15) is 5.56 Å². The highest BCUT2D eigenvalue weighted by atomic mass is 79.9. The highest BCUT2D eigenvalue weighted by Gasteiger charge is 2.14. The molecular weight excluding hydrogens is 528 g/mol. The number of carbonyl (C=O) groups excluding carboxylic acids is 1. The second-order valence-electron chi connectivity index (χ2n) is 6.81. The second kappa shape index (κ2) is 10.2. The maximum absolute atomic E-state index is 13.2. The molecule has 7 nitrogen and oxygen atoms in total. The average Bonchev–Trinajstić information content (AvgIpc) is 2.81. The van der Waals surface area contributed by atoms with Crippen molar-refractivity contribution in [2.75, 3.05) is 5.75 Å². The van der Waals surface area contributed by atoms with Gasteiger partial charge in [-0.15, -0.1) is 0 Å². The van der Waals surface area contributed by atoms with Crippen LogP contribution >= 0.6 is 39.3 Å². The summed E-state index contributed by atoms with van der Waals surface area (Å²) >= 11 is 10.4. The standard InChI is InChI=1S/C23H16BrClN4O3S/c24-15-5-10-20(30)14(11-15)12-26-28-21(31)13-33-23-27-19-4-2-1-3-18(19)22(32)29(23)17-8-6-16(25)7-9-17/h1-12,30H,13H2,(H,28,31). The van der Waals surface area contributed by atoms with Crippen LogP contribution in [0.3, 0.4) is 0 Å². The molecule has 0 saturated carbocycles. The van der Waals surface area contributed by atoms with Crippen LogP contribution < -0.4 is 11.0 Å². The van der Waals surface area contributed by atoms with Crippen molar-refractivity contribution in [1.29, 1.82) is 0 Å². The minimum absolute atomic E-state index is 0.0276. The van der Waals surface area contributed by atoms with Gasteiger partial charge in [-0.2, -0.15) is 5.10 Å². The predicted octanol–water partition coefficient (Wildman–Crippen LogP) is 4.75. The molecule has 1 amide bonds. The topological polar surface area (TPSA) is 96.6 Å². The number of nitrogens with one attached hydrogen (secondary N) is 1. The van der Waals surface area contributed by atoms with Crippen molar-refractivity contribution >= 4 is 62.3 Å². The number of nitrogens with zero attached hydrogens (tertiary/aromatic N) is 3. The minimum Gasteiger partial charge on any atom is -0.507 e. The van der Waals surface area contributed by atoms with E-state index in [1.165, 1.54) is 16.8 Å². The van der Waals surface area contributed by atoms with E-state index in [0.29, 0.717) is 32.3 Å². The Hall–Kier alpha value is -3.14. The number of phenols is 1. The van der Waals surface area contributed by atoms with E-state index >= 15 is 0 Å². The summed E-state index contributed by atoms with van der Waals surface area (Å²) in [5, 5.41) is 15.1. The molecule has 10 heteroatoms. The van der Waals surface area contributed by atoms with Crippen molar-refractivity contribution in [2.24, 2.45) is 5.10 Å². The van der Waals surface area contributed by atoms with Crippen LogP contribution in [0.5, 0.6) is 5.75 Å². The quantitative estimate of drug-likeness (QED) is 0.158. The summed E-state index contributed by atoms with van der Waals surface area (Å²) in [6, 6.07) is 18.7. The molecule has 0 spiro atoms. The number of benzene rings is 3. The lowest BCUT2D eigenvalue weighted by atomic mass is 10.2. The minimum atomic E-state index is -0.393. The molecule has 4 rings (SSSR count). The molecule has 166 valence electrons. The fraction of sp³-hybridized carbons (Fsp3) is 0.0435. The zero-order chi connectivity index (χ0) is 23.4. The summed E-state index contributed by atoms with van der Waals surface area (Å²) < 4.78 is 2.23. The first kappa shape index (κ1) is 23.0. The molecule has 0 aliphatic rings. The third-order valence-electron chi connectivity index (χ3n) is 4.54. The number of halogens is 2. The maximum atomic E-state index is 13.2. The Morgan fingerprint density at radius 2 is 1.94 bits per heavy atom. The SMILES string of the molecule is O=C(CSc1nc2ccccc2c(=O)n1-c1ccc(Cl)cc1)NN=Cc1cc(Br)ccc1O. The molecule has 0 unspecified atom stereocenters. The van der Waals surface area contributed by atoms with Crippen LogP contribution in [0.2, 0.25) is 5.02 Å². The smallest absolute Gasteiger partial charge is 0.266 e. The first-order valence-corrected chi connectivity index (χ1v) is 11.8. The Morgan fingerprint density at radius 1 is 1.18 bits per heavy atom. The van der Waals surface area contributed by atoms with Gasteiger partial charge in [0.2, 0.25) is 0 Å². The number of rotatable bonds is 6. The summed E-state index contributed by atoms with van der Waals surface area (Å²) in [4.78, 5) is 30.1. The number of aromatic nitrogens is 2. The van der Waals surface area contributed by atoms with Crippen molar-refractivity contribution in [1.82, 2.24) is 15.0 Å². The number of hydrazone groups is 1. The average molecular weight is 544 g/mol. The van der Waals surface area contributed by atoms with Crippen LogP contribution in [0.15, 0.2) is 86.3 Å². The van der Waals surface area contributed by atoms with Crippen LogP contribution in [0, 0.1) is 0 Å². The third-order valence-corrected chi connectivity index (χ3v) is 6.23. The highest BCUT2D eigenvalue weighted by molar-refractivity contribution is 9.10. The molecular formula is C23H16BrClN4O3S. The van der Waals surface area contributed by atoms with Crippen molar-refractivity contribution in [2.45, 2.75) is 5.16 Å². The molecule has 0 fully saturated rings. The van der Waals surface area contributed by atoms with Gasteiger partial charge in [-0.05, 0) is 54.6 Å². The molecule has 0 aliphatic heterocycles. The number of phenolic OH excluding ortho intramolecular Hbond substituents is 1. The number of hydrogen-bond donors (Lipinski definition) is 2. The van der Waals surface area contributed by atoms with Gasteiger partial charge in [-0.25, -0.2) is 10.4 Å². The highest BCUT2D eigenvalue weighted by Crippen LogP contribution is 2.23. The number of carbonyl (C=O) groups is 1. The Balaban J connectivity index is 1.56. The van der Waals surface area contributed by atoms with Crippen LogP contribution in [-0.4, -0.2) is 32.5 Å². The lowest BCUT2D eigenvalue weighted by molar-refractivity contribution is -0.118. The molecule has 0 saturated heterocycles. The zero-order valence-electron chi connectivity index (χ0n) is 16.9. The lowest BCUT2D eigenvalue weighted by Crippen LogP contribution is -2.24. The van der Waals surface area contributed by atoms with Crippen LogP contribution in [0.25, 0.3) is 16.6 Å². The van der Waals surface area contributed by atoms with Gasteiger partial charge in [-0.1, -0.05) is 51.4 Å². The zero-order valence-corrected chi connectivity index (χ0v) is 20.1. The number of hydrogen-bond acceptors (Lipinski definition) is 6. The van der Waals surface area contributed by atoms with Crippen LogP contribution in [-0.2, 0) is 4.79 Å². The number of aromatic hydroxyl groups is 1. The van der Waals surface area contributed by atoms with E-state index in [0.717, 1.165) is 16.2 Å². The number of fused-ring (bicyclic) bond motifs is 1. The van der Waals surface area contributed by atoms with Crippen LogP contribution in [0.4, 0.5) is 0 Å². The molecule has 2 N–H and O–H groups in total. The summed E-state index contributed by atoms with van der Waals surface area (Å²) in [6.07, 6.45) is 1.35. The van der Waals surface area contributed by atoms with Gasteiger partial charge in [-0.3, -0.25) is 14.2 Å². The number of thioether (sulfide) groups is 1. The van der Waals surface area contributed by atoms with Gasteiger partial charge < -0.3 is 5.11 Å². The maximum Gasteiger partial charge on any atom is 0.266 e. The Bertz CT molecular complexity index is 1420. The Labute approximate surface area is 206 Å². The molecule has 1 aromatic heterocycles. The molecule has 3 aromatic carbocycles. The summed E-state index contributed by atoms with van der Waals surface area (Å²) in [7, 11) is 0. The van der Waals surface area contributed by atoms with E-state index in [-0.39, 0.29) is 17.1 Å². The van der Waals surface area contributed by atoms with Gasteiger partial charge in [0.05, 0.1) is 28.6 Å². The van der Waals surface area contributed by atoms with Crippen molar-refractivity contribution in [3.63, 3.8) is 0 Å². The van der Waals surface area contributed by atoms with Gasteiger partial charge in [0.25, 0.3) is 11.5 Å². The third kappa shape index (κ3) is 5.44. The lowest BCUT2D eigenvalue weighted by Gasteiger charge is -2.13. The monoisotopic (exact) mass is 542 g/mol. The first-order chi connectivity index (χ1) is 15.9. The van der Waals surface area contributed by atoms with Crippen molar-refractivity contribution in [3.8, 4) is 11.4 Å². The molecule has 4 aromatic rings. The number of para-hydroxylation sites is 1. The molecule has 0 radical (unpaired) electrons. The van der Waals surface area contributed by atoms with Crippen molar-refractivity contribution < 1.29 is 9.90 Å². The van der Waals surface area contributed by atoms with Gasteiger partial charge >= 0.3 is 0 Å². The molecule has 0 bridgehead atoms. The largest absolute Gasteiger partial charge is 0.507 e. The molecule has 0 atom stereocenters. The van der Waals surface area contributed by atoms with E-state index in [4.69, 9.17) is 11.6 Å². The fourth-order valence-corrected chi connectivity index (χ4v) is 4.30. The van der Waals surface area contributed by atoms with Gasteiger partial charge in [0.15, 0.2) is 5.16 Å². The first-order valence-electron chi connectivity index (χ1n) is 9.63. The van der Waals surface area contributed by atoms with Crippen molar-refractivity contribution in [3.05, 3.63) is 92.1 Å². The normalized spacial score (nSPS) is 11.2. The summed E-state index contributed by atoms with van der Waals surface area (Å²) in [6.45, 7) is 0.